The maximum absolute atomic E-state index is 13.1. The van der Waals surface area contributed by atoms with Gasteiger partial charge in [0.25, 0.3) is 5.91 Å². The van der Waals surface area contributed by atoms with Gasteiger partial charge in [-0.25, -0.2) is 4.39 Å². The topological polar surface area (TPSA) is 54.9 Å². The first-order chi connectivity index (χ1) is 13.7. The van der Waals surface area contributed by atoms with Gasteiger partial charge in [-0.15, -0.1) is 0 Å². The zero-order valence-electron chi connectivity index (χ0n) is 15.8. The summed E-state index contributed by atoms with van der Waals surface area (Å²) in [6.45, 7) is 0.705. The summed E-state index contributed by atoms with van der Waals surface area (Å²) in [6, 6.07) is 23.1. The molecule has 3 N–H and O–H groups in total. The molecule has 0 bridgehead atoms. The molecule has 0 heterocycles. The average molecular weight is 379 g/mol. The minimum atomic E-state index is -0.382. The van der Waals surface area contributed by atoms with Crippen molar-refractivity contribution in [1.82, 2.24) is 0 Å². The van der Waals surface area contributed by atoms with Crippen LogP contribution in [0.25, 0.3) is 0 Å². The molecule has 0 radical (unpaired) electrons. The number of methoxy groups -OCH3 is 1. The molecule has 0 aliphatic heterocycles. The highest BCUT2D eigenvalue weighted by atomic mass is 19.1. The largest absolute Gasteiger partial charge is 0.497 e. The summed E-state index contributed by atoms with van der Waals surface area (Å²) >= 11 is 0. The number of halogens is 1. The zero-order chi connectivity index (χ0) is 19.8. The van der Waals surface area contributed by atoms with Crippen molar-refractivity contribution in [3.8, 4) is 5.75 Å². The molecule has 3 aromatic rings. The maximum Gasteiger partial charge on any atom is 0.287 e. The van der Waals surface area contributed by atoms with E-state index in [1.54, 1.807) is 25.3 Å². The minimum Gasteiger partial charge on any atom is -0.497 e. The van der Waals surface area contributed by atoms with Crippen LogP contribution in [0.3, 0.4) is 0 Å². The minimum absolute atomic E-state index is 0.0986. The van der Waals surface area contributed by atoms with Crippen molar-refractivity contribution in [1.29, 1.82) is 0 Å². The summed E-state index contributed by atoms with van der Waals surface area (Å²) in [7, 11) is 1.59. The predicted molar refractivity (Wildman–Crippen MR) is 108 cm³/mol. The maximum atomic E-state index is 13.1. The number of nitrogens with two attached hydrogens (primary N) is 1. The molecule has 4 nitrogen and oxygen atoms in total. The first-order valence-electron chi connectivity index (χ1n) is 9.23. The van der Waals surface area contributed by atoms with Gasteiger partial charge in [-0.05, 0) is 29.8 Å². The van der Waals surface area contributed by atoms with Gasteiger partial charge >= 0.3 is 0 Å². The fourth-order valence-corrected chi connectivity index (χ4v) is 3.04. The molecule has 144 valence electrons. The SMILES string of the molecule is COc1cccc(NC(=O)[C@H]([NH2+]CCc2ccc(F)cc2)c2ccccc2)c1. The Labute approximate surface area is 164 Å². The number of carbonyl (C=O) groups is 1. The highest BCUT2D eigenvalue weighted by Gasteiger charge is 2.24. The molecular weight excluding hydrogens is 355 g/mol. The second kappa shape index (κ2) is 9.67. The van der Waals surface area contributed by atoms with Crippen molar-refractivity contribution in [2.45, 2.75) is 12.5 Å². The van der Waals surface area contributed by atoms with Crippen LogP contribution in [0.15, 0.2) is 78.9 Å². The summed E-state index contributed by atoms with van der Waals surface area (Å²) in [5.41, 5.74) is 2.66. The molecule has 3 aromatic carbocycles. The Morgan fingerprint density at radius 3 is 2.50 bits per heavy atom. The molecule has 0 saturated carbocycles. The number of benzene rings is 3. The van der Waals surface area contributed by atoms with Gasteiger partial charge < -0.3 is 15.4 Å². The van der Waals surface area contributed by atoms with Gasteiger partial charge in [0, 0.05) is 23.7 Å². The van der Waals surface area contributed by atoms with Gasteiger partial charge in [0.05, 0.1) is 13.7 Å². The Kier molecular flexibility index (Phi) is 6.76. The van der Waals surface area contributed by atoms with Gasteiger partial charge in [-0.3, -0.25) is 4.79 Å². The Morgan fingerprint density at radius 1 is 1.04 bits per heavy atom. The second-order valence-corrected chi connectivity index (χ2v) is 6.51. The van der Waals surface area contributed by atoms with E-state index < -0.39 is 0 Å². The first-order valence-corrected chi connectivity index (χ1v) is 9.23. The average Bonchev–Trinajstić information content (AvgIpc) is 2.73. The summed E-state index contributed by atoms with van der Waals surface area (Å²) in [6.07, 6.45) is 0.746. The molecule has 0 aliphatic carbocycles. The molecule has 0 fully saturated rings. The van der Waals surface area contributed by atoms with Crippen LogP contribution >= 0.6 is 0 Å². The highest BCUT2D eigenvalue weighted by molar-refractivity contribution is 5.94. The van der Waals surface area contributed by atoms with Crippen molar-refractivity contribution in [2.75, 3.05) is 19.0 Å². The molecular formula is C23H24FN2O2+. The lowest BCUT2D eigenvalue weighted by molar-refractivity contribution is -0.682. The second-order valence-electron chi connectivity index (χ2n) is 6.51. The molecule has 0 unspecified atom stereocenters. The van der Waals surface area contributed by atoms with Crippen LogP contribution < -0.4 is 15.4 Å². The zero-order valence-corrected chi connectivity index (χ0v) is 15.8. The van der Waals surface area contributed by atoms with E-state index in [1.165, 1.54) is 12.1 Å². The Balaban J connectivity index is 1.69. The number of quaternary nitrogens is 1. The van der Waals surface area contributed by atoms with Crippen LogP contribution in [0.4, 0.5) is 10.1 Å². The molecule has 0 aromatic heterocycles. The fourth-order valence-electron chi connectivity index (χ4n) is 3.04. The highest BCUT2D eigenvalue weighted by Crippen LogP contribution is 2.18. The van der Waals surface area contributed by atoms with Gasteiger partial charge in [-0.2, -0.15) is 0 Å². The lowest BCUT2D eigenvalue weighted by Gasteiger charge is -2.16. The summed E-state index contributed by atoms with van der Waals surface area (Å²) < 4.78 is 18.3. The molecule has 1 atom stereocenters. The standard InChI is InChI=1S/C23H23FN2O2/c1-28-21-9-5-8-20(16-21)26-23(27)22(18-6-3-2-4-7-18)25-15-14-17-10-12-19(24)13-11-17/h2-13,16,22,25H,14-15H2,1H3,(H,26,27)/p+1/t22-/m1/s1. The summed E-state index contributed by atoms with van der Waals surface area (Å²) in [5, 5.41) is 4.98. The molecule has 3 rings (SSSR count). The van der Waals surface area contributed by atoms with Gasteiger partial charge in [0.2, 0.25) is 0 Å². The van der Waals surface area contributed by atoms with E-state index in [9.17, 15) is 9.18 Å². The van der Waals surface area contributed by atoms with E-state index in [1.807, 2.05) is 53.8 Å². The predicted octanol–water partition coefficient (Wildman–Crippen LogP) is 3.32. The normalized spacial score (nSPS) is 11.6. The van der Waals surface area contributed by atoms with Crippen molar-refractivity contribution < 1.29 is 19.2 Å². The fraction of sp³-hybridized carbons (Fsp3) is 0.174. The van der Waals surface area contributed by atoms with Crippen molar-refractivity contribution in [2.24, 2.45) is 0 Å². The Morgan fingerprint density at radius 2 is 1.79 bits per heavy atom. The van der Waals surface area contributed by atoms with Crippen molar-refractivity contribution in [3.63, 3.8) is 0 Å². The quantitative estimate of drug-likeness (QED) is 0.631. The smallest absolute Gasteiger partial charge is 0.287 e. The van der Waals surface area contributed by atoms with Gasteiger partial charge in [0.1, 0.15) is 11.6 Å². The van der Waals surface area contributed by atoms with Gasteiger partial charge in [0.15, 0.2) is 6.04 Å². The number of hydrogen-bond donors (Lipinski definition) is 2. The van der Waals surface area contributed by atoms with Crippen LogP contribution in [-0.2, 0) is 11.2 Å². The molecule has 0 saturated heterocycles. The van der Waals surface area contributed by atoms with Crippen molar-refractivity contribution in [3.05, 3.63) is 95.8 Å². The molecule has 5 heteroatoms. The summed E-state index contributed by atoms with van der Waals surface area (Å²) in [5.74, 6) is 0.348. The third kappa shape index (κ3) is 5.41. The number of hydrogen-bond acceptors (Lipinski definition) is 2. The molecule has 28 heavy (non-hydrogen) atoms. The van der Waals surface area contributed by atoms with Crippen LogP contribution in [0.5, 0.6) is 5.75 Å². The number of nitrogens with one attached hydrogen (secondary N) is 1. The van der Waals surface area contributed by atoms with Crippen LogP contribution in [-0.4, -0.2) is 19.6 Å². The molecule has 0 spiro atoms. The number of ether oxygens (including phenoxy) is 1. The lowest BCUT2D eigenvalue weighted by Crippen LogP contribution is -2.87. The molecule has 1 amide bonds. The summed E-state index contributed by atoms with van der Waals surface area (Å²) in [4.78, 5) is 13.0. The number of anilines is 1. The number of rotatable bonds is 8. The molecule has 0 aliphatic rings. The van der Waals surface area contributed by atoms with E-state index in [0.29, 0.717) is 18.0 Å². The Bertz CT molecular complexity index is 898. The number of carbonyl (C=O) groups excluding carboxylic acids is 1. The first kappa shape index (κ1) is 19.6. The van der Waals surface area contributed by atoms with Crippen molar-refractivity contribution >= 4 is 11.6 Å². The monoisotopic (exact) mass is 379 g/mol. The third-order valence-corrected chi connectivity index (χ3v) is 4.53. The van der Waals surface area contributed by atoms with E-state index in [2.05, 4.69) is 5.32 Å². The van der Waals surface area contributed by atoms with Gasteiger partial charge in [-0.1, -0.05) is 48.5 Å². The third-order valence-electron chi connectivity index (χ3n) is 4.53. The lowest BCUT2D eigenvalue weighted by atomic mass is 10.1. The van der Waals surface area contributed by atoms with Crippen LogP contribution in [0, 0.1) is 5.82 Å². The van der Waals surface area contributed by atoms with Crippen LogP contribution in [0.2, 0.25) is 0 Å². The van der Waals surface area contributed by atoms with E-state index in [4.69, 9.17) is 4.74 Å². The number of amides is 1. The van der Waals surface area contributed by atoms with E-state index in [0.717, 1.165) is 17.5 Å². The van der Waals surface area contributed by atoms with E-state index in [-0.39, 0.29) is 17.8 Å². The van der Waals surface area contributed by atoms with E-state index >= 15 is 0 Å². The van der Waals surface area contributed by atoms with Crippen LogP contribution in [0.1, 0.15) is 17.2 Å². The Hall–Kier alpha value is -3.18.